The molecule has 2 atom stereocenters. The fourth-order valence-corrected chi connectivity index (χ4v) is 6.09. The highest BCUT2D eigenvalue weighted by Crippen LogP contribution is 2.39. The van der Waals surface area contributed by atoms with Gasteiger partial charge in [-0.3, -0.25) is 14.4 Å². The Labute approximate surface area is 309 Å². The van der Waals surface area contributed by atoms with E-state index in [9.17, 15) is 19.2 Å². The van der Waals surface area contributed by atoms with Gasteiger partial charge < -0.3 is 24.8 Å². The van der Waals surface area contributed by atoms with Gasteiger partial charge in [0.05, 0.1) is 22.2 Å². The molecule has 0 aromatic heterocycles. The number of nitrogens with one attached hydrogen (secondary N) is 2. The summed E-state index contributed by atoms with van der Waals surface area (Å²) in [6.07, 6.45) is -1.84. The van der Waals surface area contributed by atoms with Crippen LogP contribution in [0.15, 0.2) is 84.0 Å². The fourth-order valence-electron chi connectivity index (χ4n) is 5.11. The first-order chi connectivity index (χ1) is 24.4. The van der Waals surface area contributed by atoms with Gasteiger partial charge in [-0.1, -0.05) is 65.5 Å². The molecule has 5 rings (SSSR count). The highest BCUT2D eigenvalue weighted by atomic mass is 35.5. The van der Waals surface area contributed by atoms with Gasteiger partial charge in [-0.2, -0.15) is 5.01 Å². The summed E-state index contributed by atoms with van der Waals surface area (Å²) in [6, 6.07) is 20.6. The lowest BCUT2D eigenvalue weighted by Gasteiger charge is -2.19. The number of rotatable bonds is 11. The van der Waals surface area contributed by atoms with Crippen molar-refractivity contribution in [3.8, 4) is 11.5 Å². The van der Waals surface area contributed by atoms with Crippen molar-refractivity contribution in [1.82, 2.24) is 5.32 Å². The smallest absolute Gasteiger partial charge is 0.338 e. The van der Waals surface area contributed by atoms with Crippen molar-refractivity contribution in [2.24, 2.45) is 5.10 Å². The van der Waals surface area contributed by atoms with Crippen molar-refractivity contribution < 1.29 is 33.4 Å². The molecule has 4 aromatic carbocycles. The summed E-state index contributed by atoms with van der Waals surface area (Å²) in [5.74, 6) is -1.68. The minimum absolute atomic E-state index is 0.0291. The Morgan fingerprint density at radius 1 is 0.882 bits per heavy atom. The number of hydrazone groups is 1. The molecule has 51 heavy (non-hydrogen) atoms. The van der Waals surface area contributed by atoms with Gasteiger partial charge in [0.2, 0.25) is 6.10 Å². The highest BCUT2D eigenvalue weighted by molar-refractivity contribution is 6.43. The highest BCUT2D eigenvalue weighted by Gasteiger charge is 2.41. The molecule has 11 nitrogen and oxygen atoms in total. The van der Waals surface area contributed by atoms with Crippen LogP contribution < -0.4 is 25.1 Å². The van der Waals surface area contributed by atoms with Crippen LogP contribution in [0, 0.1) is 13.8 Å². The van der Waals surface area contributed by atoms with Crippen molar-refractivity contribution in [3.63, 3.8) is 0 Å². The number of nitrogens with zero attached hydrogens (tertiary/aromatic N) is 2. The lowest BCUT2D eigenvalue weighted by Crippen LogP contribution is -2.44. The standard InChI is InChI=1S/C37H33Cl3N4O7/c1-5-29(51-30-15-10-20(3)16-21(30)4)35(46)41-25-9-7-8-23(17-25)34(45)42-33-32(50-26-13-11-22(12-14-26)37(48)49-6-2)36(47)44(43-33)31-27(39)18-24(38)19-28(31)40/h7-19,29,32H,5-6H2,1-4H3,(H,41,46)(H,42,43,45). The summed E-state index contributed by atoms with van der Waals surface area (Å²) in [7, 11) is 0. The van der Waals surface area contributed by atoms with Crippen LogP contribution in [-0.4, -0.2) is 48.3 Å². The van der Waals surface area contributed by atoms with E-state index in [-0.39, 0.29) is 50.1 Å². The maximum Gasteiger partial charge on any atom is 0.338 e. The molecule has 1 aliphatic rings. The first-order valence-electron chi connectivity index (χ1n) is 15.9. The van der Waals surface area contributed by atoms with Crippen LogP contribution in [0.2, 0.25) is 15.1 Å². The van der Waals surface area contributed by atoms with E-state index >= 15 is 0 Å². The predicted molar refractivity (Wildman–Crippen MR) is 196 cm³/mol. The third kappa shape index (κ3) is 8.80. The number of hydrogen-bond donors (Lipinski definition) is 2. The zero-order valence-corrected chi connectivity index (χ0v) is 30.2. The molecule has 0 aliphatic carbocycles. The zero-order valence-electron chi connectivity index (χ0n) is 28.0. The Bertz CT molecular complexity index is 2000. The molecule has 0 bridgehead atoms. The van der Waals surface area contributed by atoms with Crippen molar-refractivity contribution in [3.05, 3.63) is 116 Å². The summed E-state index contributed by atoms with van der Waals surface area (Å²) in [5.41, 5.74) is 2.78. The van der Waals surface area contributed by atoms with Gasteiger partial charge in [0.15, 0.2) is 11.9 Å². The van der Waals surface area contributed by atoms with Crippen molar-refractivity contribution in [2.75, 3.05) is 16.9 Å². The lowest BCUT2D eigenvalue weighted by atomic mass is 10.1. The Balaban J connectivity index is 1.37. The quantitative estimate of drug-likeness (QED) is 0.150. The molecular formula is C37H33Cl3N4O7. The molecular weight excluding hydrogens is 719 g/mol. The second-order valence-corrected chi connectivity index (χ2v) is 12.7. The molecule has 0 radical (unpaired) electrons. The van der Waals surface area contributed by atoms with Gasteiger partial charge in [-0.25, -0.2) is 4.79 Å². The summed E-state index contributed by atoms with van der Waals surface area (Å²) in [6.45, 7) is 7.62. The summed E-state index contributed by atoms with van der Waals surface area (Å²) in [4.78, 5) is 52.7. The molecule has 4 aromatic rings. The topological polar surface area (TPSA) is 136 Å². The number of halogens is 3. The van der Waals surface area contributed by atoms with Crippen molar-refractivity contribution in [2.45, 2.75) is 46.3 Å². The maximum atomic E-state index is 13.8. The number of carbonyl (C=O) groups is 4. The predicted octanol–water partition coefficient (Wildman–Crippen LogP) is 7.77. The summed E-state index contributed by atoms with van der Waals surface area (Å²) in [5, 5.41) is 11.0. The number of amides is 3. The molecule has 0 spiro atoms. The number of esters is 1. The number of hydrogen-bond acceptors (Lipinski definition) is 8. The monoisotopic (exact) mass is 750 g/mol. The van der Waals surface area contributed by atoms with Gasteiger partial charge >= 0.3 is 5.97 Å². The van der Waals surface area contributed by atoms with Crippen LogP contribution in [0.3, 0.4) is 0 Å². The fraction of sp³-hybridized carbons (Fsp3) is 0.216. The Morgan fingerprint density at radius 3 is 2.24 bits per heavy atom. The molecule has 3 amide bonds. The van der Waals surface area contributed by atoms with Crippen LogP contribution in [0.1, 0.15) is 52.1 Å². The van der Waals surface area contributed by atoms with E-state index in [1.54, 1.807) is 19.1 Å². The van der Waals surface area contributed by atoms with Gasteiger partial charge in [0, 0.05) is 16.3 Å². The third-order valence-corrected chi connectivity index (χ3v) is 8.39. The Morgan fingerprint density at radius 2 is 1.59 bits per heavy atom. The van der Waals surface area contributed by atoms with E-state index < -0.39 is 35.9 Å². The number of aryl methyl sites for hydroxylation is 2. The maximum absolute atomic E-state index is 13.8. The average Bonchev–Trinajstić information content (AvgIpc) is 3.37. The lowest BCUT2D eigenvalue weighted by molar-refractivity contribution is -0.123. The van der Waals surface area contributed by atoms with Crippen LogP contribution in [0.5, 0.6) is 11.5 Å². The minimum Gasteiger partial charge on any atom is -0.480 e. The van der Waals surface area contributed by atoms with E-state index in [0.29, 0.717) is 17.9 Å². The van der Waals surface area contributed by atoms with Gasteiger partial charge in [-0.05, 0) is 93.4 Å². The second-order valence-electron chi connectivity index (χ2n) is 11.4. The first kappa shape index (κ1) is 37.2. The zero-order chi connectivity index (χ0) is 36.8. The van der Waals surface area contributed by atoms with E-state index in [0.717, 1.165) is 16.1 Å². The third-order valence-electron chi connectivity index (χ3n) is 7.60. The normalized spacial score (nSPS) is 14.4. The molecule has 0 saturated carbocycles. The molecule has 1 heterocycles. The molecule has 14 heteroatoms. The van der Waals surface area contributed by atoms with Crippen LogP contribution in [0.4, 0.5) is 11.4 Å². The molecule has 0 saturated heterocycles. The molecule has 0 fully saturated rings. The van der Waals surface area contributed by atoms with Crippen LogP contribution in [0.25, 0.3) is 0 Å². The molecule has 264 valence electrons. The van der Waals surface area contributed by atoms with Crippen LogP contribution in [-0.2, 0) is 14.3 Å². The average molecular weight is 752 g/mol. The van der Waals surface area contributed by atoms with E-state index in [2.05, 4.69) is 15.7 Å². The van der Waals surface area contributed by atoms with Crippen molar-refractivity contribution in [1.29, 1.82) is 0 Å². The van der Waals surface area contributed by atoms with E-state index in [4.69, 9.17) is 49.0 Å². The largest absolute Gasteiger partial charge is 0.480 e. The van der Waals surface area contributed by atoms with Crippen LogP contribution >= 0.6 is 34.8 Å². The first-order valence-corrected chi connectivity index (χ1v) is 17.0. The summed E-state index contributed by atoms with van der Waals surface area (Å²) >= 11 is 18.9. The molecule has 2 N–H and O–H groups in total. The minimum atomic E-state index is -1.46. The number of ether oxygens (including phenoxy) is 3. The number of carbonyl (C=O) groups excluding carboxylic acids is 4. The Hall–Kier alpha value is -5.10. The summed E-state index contributed by atoms with van der Waals surface area (Å²) < 4.78 is 17.0. The van der Waals surface area contributed by atoms with Crippen molar-refractivity contribution >= 4 is 75.7 Å². The number of amidine groups is 1. The molecule has 2 unspecified atom stereocenters. The number of anilines is 2. The Kier molecular flexibility index (Phi) is 11.9. The second kappa shape index (κ2) is 16.3. The molecule has 1 aliphatic heterocycles. The number of benzene rings is 4. The SMILES string of the molecule is CCOC(=O)c1ccc(OC2C(=O)N(c3c(Cl)cc(Cl)cc3Cl)N=C2NC(=O)c2cccc(NC(=O)C(CC)Oc3ccc(C)cc3C)c2)cc1. The van der Waals surface area contributed by atoms with Gasteiger partial charge in [-0.15, -0.1) is 5.10 Å². The van der Waals surface area contributed by atoms with E-state index in [1.807, 2.05) is 39.0 Å². The van der Waals surface area contributed by atoms with Gasteiger partial charge in [0.1, 0.15) is 17.2 Å². The van der Waals surface area contributed by atoms with E-state index in [1.165, 1.54) is 48.5 Å². The van der Waals surface area contributed by atoms with Gasteiger partial charge in [0.25, 0.3) is 17.7 Å².